The van der Waals surface area contributed by atoms with Crippen LogP contribution in [0.2, 0.25) is 0 Å². The molecule has 0 atom stereocenters. The molecule has 1 aliphatic heterocycles. The number of benzene rings is 1. The van der Waals surface area contributed by atoms with E-state index in [-0.39, 0.29) is 5.75 Å². The van der Waals surface area contributed by atoms with Crippen molar-refractivity contribution in [3.8, 4) is 5.75 Å². The minimum atomic E-state index is 0.272. The van der Waals surface area contributed by atoms with Crippen LogP contribution in [0.15, 0.2) is 24.3 Å². The first-order chi connectivity index (χ1) is 6.29. The Bertz CT molecular complexity index is 340. The largest absolute Gasteiger partial charge is 0.506 e. The highest BCUT2D eigenvalue weighted by molar-refractivity contribution is 7.80. The molecule has 1 aliphatic rings. The number of anilines is 1. The standard InChI is InChI=1S/C9H10N2OS/c12-8-4-2-1-3-7(8)11-6-5-10-9(11)13/h1-4,12H,5-6H2,(H,10,13). The van der Waals surface area contributed by atoms with E-state index in [1.54, 1.807) is 12.1 Å². The Morgan fingerprint density at radius 3 is 2.77 bits per heavy atom. The minimum absolute atomic E-state index is 0.272. The van der Waals surface area contributed by atoms with Gasteiger partial charge in [-0.25, -0.2) is 0 Å². The third-order valence-corrected chi connectivity index (χ3v) is 2.39. The Morgan fingerprint density at radius 2 is 2.15 bits per heavy atom. The maximum Gasteiger partial charge on any atom is 0.173 e. The van der Waals surface area contributed by atoms with Crippen LogP contribution in [-0.2, 0) is 0 Å². The maximum absolute atomic E-state index is 9.56. The fourth-order valence-electron chi connectivity index (χ4n) is 1.39. The number of rotatable bonds is 1. The first-order valence-corrected chi connectivity index (χ1v) is 4.53. The average molecular weight is 194 g/mol. The molecule has 0 amide bonds. The first kappa shape index (κ1) is 8.31. The molecule has 0 aromatic heterocycles. The fourth-order valence-corrected chi connectivity index (χ4v) is 1.69. The number of thiocarbonyl (C=S) groups is 1. The number of phenols is 1. The van der Waals surface area contributed by atoms with Crippen molar-refractivity contribution in [3.05, 3.63) is 24.3 Å². The molecule has 0 radical (unpaired) electrons. The Balaban J connectivity index is 2.34. The number of nitrogens with one attached hydrogen (secondary N) is 1. The molecule has 68 valence electrons. The highest BCUT2D eigenvalue weighted by Crippen LogP contribution is 2.27. The lowest BCUT2D eigenvalue weighted by atomic mass is 10.3. The van der Waals surface area contributed by atoms with Crippen molar-refractivity contribution >= 4 is 23.0 Å². The van der Waals surface area contributed by atoms with E-state index in [9.17, 15) is 5.11 Å². The summed E-state index contributed by atoms with van der Waals surface area (Å²) in [6.07, 6.45) is 0. The molecule has 1 aromatic rings. The number of hydrogen-bond acceptors (Lipinski definition) is 2. The van der Waals surface area contributed by atoms with Crippen molar-refractivity contribution < 1.29 is 5.11 Å². The van der Waals surface area contributed by atoms with Gasteiger partial charge in [-0.1, -0.05) is 12.1 Å². The van der Waals surface area contributed by atoms with Crippen LogP contribution in [0.3, 0.4) is 0 Å². The van der Waals surface area contributed by atoms with Crippen LogP contribution < -0.4 is 10.2 Å². The van der Waals surface area contributed by atoms with E-state index in [4.69, 9.17) is 12.2 Å². The molecule has 2 rings (SSSR count). The van der Waals surface area contributed by atoms with E-state index in [0.29, 0.717) is 5.11 Å². The molecule has 1 fully saturated rings. The molecular weight excluding hydrogens is 184 g/mol. The van der Waals surface area contributed by atoms with Crippen molar-refractivity contribution in [2.45, 2.75) is 0 Å². The SMILES string of the molecule is Oc1ccccc1N1CCNC1=S. The fraction of sp³-hybridized carbons (Fsp3) is 0.222. The Morgan fingerprint density at radius 1 is 1.38 bits per heavy atom. The van der Waals surface area contributed by atoms with Gasteiger partial charge in [-0.15, -0.1) is 0 Å². The molecule has 2 N–H and O–H groups in total. The molecule has 0 saturated carbocycles. The number of nitrogens with zero attached hydrogens (tertiary/aromatic N) is 1. The predicted molar refractivity (Wildman–Crippen MR) is 56.1 cm³/mol. The molecule has 1 aromatic carbocycles. The van der Waals surface area contributed by atoms with E-state index >= 15 is 0 Å². The molecule has 4 heteroatoms. The third kappa shape index (κ3) is 1.45. The van der Waals surface area contributed by atoms with Gasteiger partial charge in [-0.3, -0.25) is 0 Å². The summed E-state index contributed by atoms with van der Waals surface area (Å²) in [5.41, 5.74) is 0.775. The molecule has 0 unspecified atom stereocenters. The van der Waals surface area contributed by atoms with Crippen LogP contribution in [0.4, 0.5) is 5.69 Å². The van der Waals surface area contributed by atoms with Gasteiger partial charge in [-0.2, -0.15) is 0 Å². The van der Waals surface area contributed by atoms with Gasteiger partial charge in [0.25, 0.3) is 0 Å². The average Bonchev–Trinajstić information content (AvgIpc) is 2.52. The Labute approximate surface area is 82.0 Å². The monoisotopic (exact) mass is 194 g/mol. The van der Waals surface area contributed by atoms with Gasteiger partial charge >= 0.3 is 0 Å². The third-order valence-electron chi connectivity index (χ3n) is 2.03. The predicted octanol–water partition coefficient (Wildman–Crippen LogP) is 1.09. The van der Waals surface area contributed by atoms with Crippen molar-refractivity contribution in [1.29, 1.82) is 0 Å². The summed E-state index contributed by atoms with van der Waals surface area (Å²) in [4.78, 5) is 1.89. The summed E-state index contributed by atoms with van der Waals surface area (Å²) in [6.45, 7) is 1.66. The number of para-hydroxylation sites is 2. The van der Waals surface area contributed by atoms with Crippen molar-refractivity contribution in [2.75, 3.05) is 18.0 Å². The number of aromatic hydroxyl groups is 1. The summed E-state index contributed by atoms with van der Waals surface area (Å²) in [5, 5.41) is 13.3. The molecule has 1 heterocycles. The summed E-state index contributed by atoms with van der Waals surface area (Å²) in [7, 11) is 0. The smallest absolute Gasteiger partial charge is 0.173 e. The molecule has 3 nitrogen and oxygen atoms in total. The van der Waals surface area contributed by atoms with Crippen molar-refractivity contribution in [2.24, 2.45) is 0 Å². The molecule has 0 bridgehead atoms. The number of hydrogen-bond donors (Lipinski definition) is 2. The number of phenolic OH excluding ortho intramolecular Hbond substituents is 1. The van der Waals surface area contributed by atoms with Gasteiger partial charge < -0.3 is 15.3 Å². The summed E-state index contributed by atoms with van der Waals surface area (Å²) in [6, 6.07) is 7.20. The Hall–Kier alpha value is -1.29. The van der Waals surface area contributed by atoms with Gasteiger partial charge in [-0.05, 0) is 24.4 Å². The summed E-state index contributed by atoms with van der Waals surface area (Å²) < 4.78 is 0. The zero-order chi connectivity index (χ0) is 9.26. The highest BCUT2D eigenvalue weighted by atomic mass is 32.1. The van der Waals surface area contributed by atoms with E-state index in [0.717, 1.165) is 18.8 Å². The summed E-state index contributed by atoms with van der Waals surface area (Å²) >= 11 is 5.09. The second kappa shape index (κ2) is 3.22. The lowest BCUT2D eigenvalue weighted by Gasteiger charge is -2.17. The van der Waals surface area contributed by atoms with E-state index in [1.165, 1.54) is 0 Å². The zero-order valence-corrected chi connectivity index (χ0v) is 7.84. The summed E-state index contributed by atoms with van der Waals surface area (Å²) in [5.74, 6) is 0.272. The molecule has 1 saturated heterocycles. The molecule has 13 heavy (non-hydrogen) atoms. The quantitative estimate of drug-likeness (QED) is 0.656. The normalized spacial score (nSPS) is 16.0. The van der Waals surface area contributed by atoms with E-state index < -0.39 is 0 Å². The van der Waals surface area contributed by atoms with Gasteiger partial charge in [0, 0.05) is 13.1 Å². The zero-order valence-electron chi connectivity index (χ0n) is 7.03. The van der Waals surface area contributed by atoms with Crippen LogP contribution in [-0.4, -0.2) is 23.3 Å². The molecular formula is C9H10N2OS. The van der Waals surface area contributed by atoms with Crippen LogP contribution in [0.5, 0.6) is 5.75 Å². The van der Waals surface area contributed by atoms with E-state index in [2.05, 4.69) is 5.32 Å². The van der Waals surface area contributed by atoms with Crippen LogP contribution >= 0.6 is 12.2 Å². The van der Waals surface area contributed by atoms with Gasteiger partial charge in [0.05, 0.1) is 5.69 Å². The van der Waals surface area contributed by atoms with Crippen LogP contribution in [0.1, 0.15) is 0 Å². The van der Waals surface area contributed by atoms with Crippen molar-refractivity contribution in [3.63, 3.8) is 0 Å². The van der Waals surface area contributed by atoms with E-state index in [1.807, 2.05) is 17.0 Å². The van der Waals surface area contributed by atoms with Gasteiger partial charge in [0.1, 0.15) is 5.75 Å². The Kier molecular flexibility index (Phi) is 2.06. The topological polar surface area (TPSA) is 35.5 Å². The lowest BCUT2D eigenvalue weighted by Crippen LogP contribution is -2.27. The highest BCUT2D eigenvalue weighted by Gasteiger charge is 2.19. The van der Waals surface area contributed by atoms with Crippen LogP contribution in [0, 0.1) is 0 Å². The van der Waals surface area contributed by atoms with Gasteiger partial charge in [0.15, 0.2) is 5.11 Å². The second-order valence-corrected chi connectivity index (χ2v) is 3.26. The molecule has 0 aliphatic carbocycles. The lowest BCUT2D eigenvalue weighted by molar-refractivity contribution is 0.476. The minimum Gasteiger partial charge on any atom is -0.506 e. The second-order valence-electron chi connectivity index (χ2n) is 2.87. The maximum atomic E-state index is 9.56. The van der Waals surface area contributed by atoms with Crippen LogP contribution in [0.25, 0.3) is 0 Å². The molecule has 0 spiro atoms. The first-order valence-electron chi connectivity index (χ1n) is 4.12. The van der Waals surface area contributed by atoms with Crippen molar-refractivity contribution in [1.82, 2.24) is 5.32 Å². The van der Waals surface area contributed by atoms with Gasteiger partial charge in [0.2, 0.25) is 0 Å².